The van der Waals surface area contributed by atoms with Crippen molar-refractivity contribution in [3.8, 4) is 0 Å². The maximum absolute atomic E-state index is 12.9. The third-order valence-corrected chi connectivity index (χ3v) is 2.32. The molecule has 2 aromatic rings. The predicted octanol–water partition coefficient (Wildman–Crippen LogP) is 3.03. The summed E-state index contributed by atoms with van der Waals surface area (Å²) in [6.07, 6.45) is 1.25. The second-order valence-corrected chi connectivity index (χ2v) is 3.74. The van der Waals surface area contributed by atoms with Gasteiger partial charge in [0.05, 0.1) is 5.02 Å². The molecule has 0 aliphatic heterocycles. The lowest BCUT2D eigenvalue weighted by molar-refractivity contribution is 0.102. The first kappa shape index (κ1) is 11.6. The Morgan fingerprint density at radius 1 is 1.53 bits per heavy atom. The van der Waals surface area contributed by atoms with Crippen molar-refractivity contribution >= 4 is 23.2 Å². The van der Waals surface area contributed by atoms with Crippen molar-refractivity contribution in [3.05, 3.63) is 46.9 Å². The van der Waals surface area contributed by atoms with Crippen LogP contribution in [0.15, 0.2) is 28.9 Å². The maximum atomic E-state index is 12.9. The monoisotopic (exact) mass is 254 g/mol. The molecule has 1 amide bonds. The summed E-state index contributed by atoms with van der Waals surface area (Å²) >= 11 is 5.59. The van der Waals surface area contributed by atoms with Crippen LogP contribution in [-0.4, -0.2) is 10.9 Å². The summed E-state index contributed by atoms with van der Waals surface area (Å²) in [4.78, 5) is 15.5. The second kappa shape index (κ2) is 4.55. The van der Waals surface area contributed by atoms with Crippen LogP contribution in [0.1, 0.15) is 16.4 Å². The average Bonchev–Trinajstić information content (AvgIpc) is 2.70. The normalized spacial score (nSPS) is 10.3. The smallest absolute Gasteiger partial charge is 0.277 e. The fourth-order valence-electron chi connectivity index (χ4n) is 1.24. The Hall–Kier alpha value is -1.88. The predicted molar refractivity (Wildman–Crippen MR) is 60.6 cm³/mol. The molecule has 1 aromatic carbocycles. The topological polar surface area (TPSA) is 55.1 Å². The van der Waals surface area contributed by atoms with E-state index in [0.29, 0.717) is 11.6 Å². The van der Waals surface area contributed by atoms with Crippen molar-refractivity contribution in [1.82, 2.24) is 4.98 Å². The van der Waals surface area contributed by atoms with Gasteiger partial charge in [0.25, 0.3) is 5.91 Å². The van der Waals surface area contributed by atoms with Gasteiger partial charge in [0.15, 0.2) is 11.6 Å². The minimum absolute atomic E-state index is 0.0564. The minimum atomic E-state index is -0.540. The number of amides is 1. The van der Waals surface area contributed by atoms with Gasteiger partial charge in [-0.2, -0.15) is 0 Å². The first-order valence-corrected chi connectivity index (χ1v) is 5.12. The van der Waals surface area contributed by atoms with Crippen LogP contribution < -0.4 is 5.32 Å². The summed E-state index contributed by atoms with van der Waals surface area (Å²) in [6, 6.07) is 3.90. The molecule has 1 heterocycles. The molecule has 0 spiro atoms. The molecule has 0 bridgehead atoms. The molecule has 4 nitrogen and oxygen atoms in total. The van der Waals surface area contributed by atoms with E-state index in [1.165, 1.54) is 24.5 Å². The van der Waals surface area contributed by atoms with Crippen LogP contribution in [0.5, 0.6) is 0 Å². The molecule has 0 saturated heterocycles. The SMILES string of the molecule is Cc1nc(C(=O)Nc2ccc(F)c(Cl)c2)co1. The van der Waals surface area contributed by atoms with Crippen molar-refractivity contribution in [1.29, 1.82) is 0 Å². The maximum Gasteiger partial charge on any atom is 0.277 e. The Balaban J connectivity index is 2.15. The molecular formula is C11H8ClFN2O2. The second-order valence-electron chi connectivity index (χ2n) is 3.33. The molecular weight excluding hydrogens is 247 g/mol. The highest BCUT2D eigenvalue weighted by molar-refractivity contribution is 6.31. The van der Waals surface area contributed by atoms with E-state index in [1.807, 2.05) is 0 Å². The number of aromatic nitrogens is 1. The molecule has 0 aliphatic carbocycles. The fourth-order valence-corrected chi connectivity index (χ4v) is 1.42. The zero-order valence-corrected chi connectivity index (χ0v) is 9.58. The van der Waals surface area contributed by atoms with Crippen LogP contribution >= 0.6 is 11.6 Å². The molecule has 1 N–H and O–H groups in total. The van der Waals surface area contributed by atoms with Crippen molar-refractivity contribution in [3.63, 3.8) is 0 Å². The fraction of sp³-hybridized carbons (Fsp3) is 0.0909. The van der Waals surface area contributed by atoms with Gasteiger partial charge in [-0.15, -0.1) is 0 Å². The molecule has 0 fully saturated rings. The Kier molecular flexibility index (Phi) is 3.10. The first-order chi connectivity index (χ1) is 8.06. The van der Waals surface area contributed by atoms with Crippen LogP contribution in [0, 0.1) is 12.7 Å². The van der Waals surface area contributed by atoms with E-state index < -0.39 is 11.7 Å². The number of hydrogen-bond acceptors (Lipinski definition) is 3. The lowest BCUT2D eigenvalue weighted by atomic mass is 10.3. The summed E-state index contributed by atoms with van der Waals surface area (Å²) in [5.74, 6) is -0.584. The molecule has 0 aliphatic rings. The van der Waals surface area contributed by atoms with Crippen molar-refractivity contribution in [2.75, 3.05) is 5.32 Å². The molecule has 1 aromatic heterocycles. The number of anilines is 1. The van der Waals surface area contributed by atoms with Crippen LogP contribution in [0.2, 0.25) is 5.02 Å². The van der Waals surface area contributed by atoms with Crippen LogP contribution in [0.4, 0.5) is 10.1 Å². The third-order valence-electron chi connectivity index (χ3n) is 2.03. The van der Waals surface area contributed by atoms with Crippen molar-refractivity contribution in [2.24, 2.45) is 0 Å². The van der Waals surface area contributed by atoms with E-state index in [0.717, 1.165) is 0 Å². The van der Waals surface area contributed by atoms with Crippen LogP contribution in [0.25, 0.3) is 0 Å². The van der Waals surface area contributed by atoms with Crippen molar-refractivity contribution < 1.29 is 13.6 Å². The largest absolute Gasteiger partial charge is 0.448 e. The zero-order valence-electron chi connectivity index (χ0n) is 8.83. The summed E-state index contributed by atoms with van der Waals surface area (Å²) in [5.41, 5.74) is 0.546. The Bertz CT molecular complexity index is 568. The van der Waals surface area contributed by atoms with Crippen LogP contribution in [0.3, 0.4) is 0 Å². The van der Waals surface area contributed by atoms with Gasteiger partial charge in [0, 0.05) is 12.6 Å². The summed E-state index contributed by atoms with van der Waals surface area (Å²) in [7, 11) is 0. The van der Waals surface area contributed by atoms with Gasteiger partial charge in [-0.1, -0.05) is 11.6 Å². The zero-order chi connectivity index (χ0) is 12.4. The van der Waals surface area contributed by atoms with Gasteiger partial charge in [-0.05, 0) is 18.2 Å². The minimum Gasteiger partial charge on any atom is -0.448 e. The van der Waals surface area contributed by atoms with Gasteiger partial charge in [-0.25, -0.2) is 9.37 Å². The number of nitrogens with zero attached hydrogens (tertiary/aromatic N) is 1. The van der Waals surface area contributed by atoms with E-state index in [-0.39, 0.29) is 10.7 Å². The molecule has 0 atom stereocenters. The van der Waals surface area contributed by atoms with Gasteiger partial charge >= 0.3 is 0 Å². The lowest BCUT2D eigenvalue weighted by Gasteiger charge is -2.03. The molecule has 0 saturated carbocycles. The lowest BCUT2D eigenvalue weighted by Crippen LogP contribution is -2.12. The van der Waals surface area contributed by atoms with E-state index in [1.54, 1.807) is 6.92 Å². The van der Waals surface area contributed by atoms with Crippen LogP contribution in [-0.2, 0) is 0 Å². The molecule has 0 radical (unpaired) electrons. The number of rotatable bonds is 2. The number of nitrogens with one attached hydrogen (secondary N) is 1. The van der Waals surface area contributed by atoms with Gasteiger partial charge in [0.2, 0.25) is 0 Å². The number of oxazole rings is 1. The summed E-state index contributed by atoms with van der Waals surface area (Å²) in [6.45, 7) is 1.63. The van der Waals surface area contributed by atoms with E-state index >= 15 is 0 Å². The quantitative estimate of drug-likeness (QED) is 0.896. The molecule has 88 valence electrons. The average molecular weight is 255 g/mol. The highest BCUT2D eigenvalue weighted by Crippen LogP contribution is 2.19. The Morgan fingerprint density at radius 3 is 2.88 bits per heavy atom. The highest BCUT2D eigenvalue weighted by atomic mass is 35.5. The standard InChI is InChI=1S/C11H8ClFN2O2/c1-6-14-10(5-17-6)11(16)15-7-2-3-9(13)8(12)4-7/h2-5H,1H3,(H,15,16). The number of carbonyl (C=O) groups excluding carboxylic acids is 1. The Labute approximate surface area is 101 Å². The number of aryl methyl sites for hydroxylation is 1. The number of hydrogen-bond donors (Lipinski definition) is 1. The van der Waals surface area contributed by atoms with E-state index in [4.69, 9.17) is 16.0 Å². The number of benzene rings is 1. The highest BCUT2D eigenvalue weighted by Gasteiger charge is 2.11. The molecule has 2 rings (SSSR count). The first-order valence-electron chi connectivity index (χ1n) is 4.75. The number of halogens is 2. The molecule has 17 heavy (non-hydrogen) atoms. The Morgan fingerprint density at radius 2 is 2.29 bits per heavy atom. The molecule has 0 unspecified atom stereocenters. The van der Waals surface area contributed by atoms with Gasteiger partial charge in [-0.3, -0.25) is 4.79 Å². The van der Waals surface area contributed by atoms with Crippen molar-refractivity contribution in [2.45, 2.75) is 6.92 Å². The number of carbonyl (C=O) groups is 1. The van der Waals surface area contributed by atoms with E-state index in [2.05, 4.69) is 10.3 Å². The third kappa shape index (κ3) is 2.62. The summed E-state index contributed by atoms with van der Waals surface area (Å²) < 4.78 is 17.8. The van der Waals surface area contributed by atoms with Gasteiger partial charge < -0.3 is 9.73 Å². The van der Waals surface area contributed by atoms with E-state index in [9.17, 15) is 9.18 Å². The molecule has 6 heteroatoms. The summed E-state index contributed by atoms with van der Waals surface area (Å²) in [5, 5.41) is 2.47. The van der Waals surface area contributed by atoms with Gasteiger partial charge in [0.1, 0.15) is 12.1 Å².